The molecule has 2 unspecified atom stereocenters. The van der Waals surface area contributed by atoms with Crippen molar-refractivity contribution in [1.29, 1.82) is 0 Å². The first-order valence-electron chi connectivity index (χ1n) is 6.53. The van der Waals surface area contributed by atoms with Crippen molar-refractivity contribution in [3.05, 3.63) is 12.4 Å². The fourth-order valence-electron chi connectivity index (χ4n) is 2.56. The summed E-state index contributed by atoms with van der Waals surface area (Å²) >= 11 is 1.56. The fraction of sp³-hybridized carbons (Fsp3) is 0.615. The van der Waals surface area contributed by atoms with E-state index in [1.54, 1.807) is 11.8 Å². The van der Waals surface area contributed by atoms with Crippen molar-refractivity contribution in [2.75, 3.05) is 18.1 Å². The van der Waals surface area contributed by atoms with Crippen molar-refractivity contribution in [2.45, 2.75) is 30.7 Å². The van der Waals surface area contributed by atoms with Gasteiger partial charge >= 0.3 is 5.97 Å². The number of aliphatic carboxylic acids is 1. The highest BCUT2D eigenvalue weighted by Crippen LogP contribution is 2.30. The van der Waals surface area contributed by atoms with E-state index in [0.717, 1.165) is 36.5 Å². The van der Waals surface area contributed by atoms with E-state index >= 15 is 0 Å². The molecule has 1 heterocycles. The Balaban J connectivity index is 1.94. The highest BCUT2D eigenvalue weighted by atomic mass is 32.2. The normalized spacial score (nSPS) is 23.0. The molecular weight excluding hydrogens is 262 g/mol. The number of carboxylic acids is 1. The lowest BCUT2D eigenvalue weighted by Gasteiger charge is -2.28. The monoisotopic (exact) mass is 281 g/mol. The maximum atomic E-state index is 11.2. The zero-order valence-electron chi connectivity index (χ0n) is 11.0. The van der Waals surface area contributed by atoms with Crippen LogP contribution in [0.25, 0.3) is 0 Å². The minimum absolute atomic E-state index is 0.193. The molecule has 1 saturated carbocycles. The van der Waals surface area contributed by atoms with Gasteiger partial charge in [-0.15, -0.1) is 11.8 Å². The van der Waals surface area contributed by atoms with E-state index in [4.69, 9.17) is 0 Å². The van der Waals surface area contributed by atoms with Gasteiger partial charge in [0.1, 0.15) is 17.2 Å². The van der Waals surface area contributed by atoms with Crippen LogP contribution >= 0.6 is 11.8 Å². The summed E-state index contributed by atoms with van der Waals surface area (Å²) in [4.78, 5) is 19.5. The quantitative estimate of drug-likeness (QED) is 0.638. The molecule has 2 atom stereocenters. The van der Waals surface area contributed by atoms with Crippen molar-refractivity contribution >= 4 is 23.5 Å². The van der Waals surface area contributed by atoms with Gasteiger partial charge in [-0.05, 0) is 25.0 Å². The number of hydrogen-bond donors (Lipinski definition) is 2. The molecule has 1 aliphatic carbocycles. The first-order chi connectivity index (χ1) is 9.20. The van der Waals surface area contributed by atoms with Gasteiger partial charge < -0.3 is 10.4 Å². The SMILES string of the molecule is CSc1cc(NCC2CCCCC2C(=O)O)ncn1. The lowest BCUT2D eigenvalue weighted by molar-refractivity contribution is -0.144. The van der Waals surface area contributed by atoms with Crippen molar-refractivity contribution in [3.63, 3.8) is 0 Å². The van der Waals surface area contributed by atoms with Crippen LogP contribution < -0.4 is 5.32 Å². The Labute approximate surface area is 117 Å². The second-order valence-electron chi connectivity index (χ2n) is 4.82. The summed E-state index contributed by atoms with van der Waals surface area (Å²) in [6.45, 7) is 0.668. The largest absolute Gasteiger partial charge is 0.481 e. The molecular formula is C13H19N3O2S. The molecule has 0 saturated heterocycles. The topological polar surface area (TPSA) is 75.1 Å². The maximum Gasteiger partial charge on any atom is 0.306 e. The predicted octanol–water partition coefficient (Wildman–Crippen LogP) is 2.50. The fourth-order valence-corrected chi connectivity index (χ4v) is 2.94. The van der Waals surface area contributed by atoms with Crippen LogP contribution in [0.5, 0.6) is 0 Å². The highest BCUT2D eigenvalue weighted by Gasteiger charge is 2.30. The first-order valence-corrected chi connectivity index (χ1v) is 7.76. The van der Waals surface area contributed by atoms with Crippen LogP contribution in [0.4, 0.5) is 5.82 Å². The van der Waals surface area contributed by atoms with Gasteiger partial charge in [-0.2, -0.15) is 0 Å². The molecule has 1 aliphatic rings. The average Bonchev–Trinajstić information content (AvgIpc) is 2.45. The van der Waals surface area contributed by atoms with Gasteiger partial charge in [-0.1, -0.05) is 12.8 Å². The lowest BCUT2D eigenvalue weighted by Crippen LogP contribution is -2.31. The number of carboxylic acid groups (broad SMARTS) is 1. The van der Waals surface area contributed by atoms with Gasteiger partial charge in [0, 0.05) is 12.6 Å². The Bertz CT molecular complexity index is 442. The smallest absolute Gasteiger partial charge is 0.306 e. The lowest BCUT2D eigenvalue weighted by atomic mass is 9.79. The minimum Gasteiger partial charge on any atom is -0.481 e. The zero-order valence-corrected chi connectivity index (χ0v) is 11.8. The molecule has 6 heteroatoms. The first kappa shape index (κ1) is 14.1. The van der Waals surface area contributed by atoms with Crippen molar-refractivity contribution in [1.82, 2.24) is 9.97 Å². The number of carbonyl (C=O) groups is 1. The Morgan fingerprint density at radius 1 is 1.47 bits per heavy atom. The molecule has 0 bridgehead atoms. The summed E-state index contributed by atoms with van der Waals surface area (Å²) in [7, 11) is 0. The van der Waals surface area contributed by atoms with Crippen LogP contribution in [0.1, 0.15) is 25.7 Å². The number of hydrogen-bond acceptors (Lipinski definition) is 5. The van der Waals surface area contributed by atoms with Crippen LogP contribution in [0.3, 0.4) is 0 Å². The van der Waals surface area contributed by atoms with Crippen molar-refractivity contribution in [3.8, 4) is 0 Å². The molecule has 5 nitrogen and oxygen atoms in total. The molecule has 0 aliphatic heterocycles. The third-order valence-electron chi connectivity index (χ3n) is 3.62. The Kier molecular flexibility index (Phi) is 5.01. The van der Waals surface area contributed by atoms with Gasteiger partial charge in [0.25, 0.3) is 0 Å². The third-order valence-corrected chi connectivity index (χ3v) is 4.26. The second kappa shape index (κ2) is 6.75. The summed E-state index contributed by atoms with van der Waals surface area (Å²) < 4.78 is 0. The van der Waals surface area contributed by atoms with Gasteiger partial charge in [-0.25, -0.2) is 9.97 Å². The molecule has 0 spiro atoms. The number of thioether (sulfide) groups is 1. The number of nitrogens with one attached hydrogen (secondary N) is 1. The molecule has 2 rings (SSSR count). The molecule has 104 valence electrons. The minimum atomic E-state index is -0.668. The number of nitrogens with zero attached hydrogens (tertiary/aromatic N) is 2. The van der Waals surface area contributed by atoms with E-state index in [-0.39, 0.29) is 11.8 Å². The Hall–Kier alpha value is -1.30. The van der Waals surface area contributed by atoms with E-state index < -0.39 is 5.97 Å². The van der Waals surface area contributed by atoms with E-state index in [0.29, 0.717) is 6.54 Å². The van der Waals surface area contributed by atoms with Crippen LogP contribution in [0, 0.1) is 11.8 Å². The van der Waals surface area contributed by atoms with Crippen molar-refractivity contribution in [2.24, 2.45) is 11.8 Å². The van der Waals surface area contributed by atoms with E-state index in [1.807, 2.05) is 12.3 Å². The predicted molar refractivity (Wildman–Crippen MR) is 75.4 cm³/mol. The second-order valence-corrected chi connectivity index (χ2v) is 5.64. The number of rotatable bonds is 5. The molecule has 19 heavy (non-hydrogen) atoms. The summed E-state index contributed by atoms with van der Waals surface area (Å²) in [6, 6.07) is 1.89. The molecule has 0 amide bonds. The Morgan fingerprint density at radius 3 is 3.00 bits per heavy atom. The van der Waals surface area contributed by atoms with Crippen molar-refractivity contribution < 1.29 is 9.90 Å². The molecule has 2 N–H and O–H groups in total. The molecule has 0 radical (unpaired) electrons. The summed E-state index contributed by atoms with van der Waals surface area (Å²) in [5.41, 5.74) is 0. The van der Waals surface area contributed by atoms with Gasteiger partial charge in [-0.3, -0.25) is 4.79 Å². The maximum absolute atomic E-state index is 11.2. The summed E-state index contributed by atoms with van der Waals surface area (Å²) in [5, 5.41) is 13.4. The summed E-state index contributed by atoms with van der Waals surface area (Å²) in [6.07, 6.45) is 7.41. The number of aromatic nitrogens is 2. The average molecular weight is 281 g/mol. The third kappa shape index (κ3) is 3.83. The molecule has 0 aromatic carbocycles. The van der Waals surface area contributed by atoms with Gasteiger partial charge in [0.05, 0.1) is 5.92 Å². The molecule has 1 aromatic rings. The standard InChI is InChI=1S/C13H19N3O2S/c1-19-12-6-11(15-8-16-12)14-7-9-4-2-3-5-10(9)13(17)18/h6,8-10H,2-5,7H2,1H3,(H,17,18)(H,14,15,16). The summed E-state index contributed by atoms with van der Waals surface area (Å²) in [5.74, 6) is 0.0788. The molecule has 1 fully saturated rings. The van der Waals surface area contributed by atoms with Crippen LogP contribution in [0.15, 0.2) is 17.4 Å². The Morgan fingerprint density at radius 2 is 2.26 bits per heavy atom. The van der Waals surface area contributed by atoms with Crippen LogP contribution in [0.2, 0.25) is 0 Å². The van der Waals surface area contributed by atoms with E-state index in [2.05, 4.69) is 15.3 Å². The highest BCUT2D eigenvalue weighted by molar-refractivity contribution is 7.98. The van der Waals surface area contributed by atoms with E-state index in [1.165, 1.54) is 6.33 Å². The van der Waals surface area contributed by atoms with Crippen LogP contribution in [-0.4, -0.2) is 33.8 Å². The number of anilines is 1. The van der Waals surface area contributed by atoms with Gasteiger partial charge in [0.2, 0.25) is 0 Å². The van der Waals surface area contributed by atoms with Crippen LogP contribution in [-0.2, 0) is 4.79 Å². The molecule has 1 aromatic heterocycles. The van der Waals surface area contributed by atoms with E-state index in [9.17, 15) is 9.90 Å². The zero-order chi connectivity index (χ0) is 13.7. The van der Waals surface area contributed by atoms with Gasteiger partial charge in [0.15, 0.2) is 0 Å².